The van der Waals surface area contributed by atoms with Crippen LogP contribution in [0.5, 0.6) is 0 Å². The largest absolute Gasteiger partial charge is 0.381 e. The smallest absolute Gasteiger partial charge is 0.0997 e. The summed E-state index contributed by atoms with van der Waals surface area (Å²) in [6, 6.07) is 17.1. The van der Waals surface area contributed by atoms with Gasteiger partial charge in [0, 0.05) is 42.4 Å². The maximum atomic E-state index is 5.48. The Bertz CT molecular complexity index is 895. The summed E-state index contributed by atoms with van der Waals surface area (Å²) in [6.45, 7) is 8.44. The van der Waals surface area contributed by atoms with E-state index in [0.717, 1.165) is 49.9 Å². The molecule has 0 aliphatic carbocycles. The molecule has 2 heterocycles. The van der Waals surface area contributed by atoms with Gasteiger partial charge in [0.2, 0.25) is 0 Å². The van der Waals surface area contributed by atoms with Crippen LogP contribution in [0.3, 0.4) is 0 Å². The number of nitrogens with zero attached hydrogens (tertiary/aromatic N) is 3. The van der Waals surface area contributed by atoms with E-state index in [4.69, 9.17) is 4.74 Å². The summed E-state index contributed by atoms with van der Waals surface area (Å²) in [5.74, 6) is 0. The first-order chi connectivity index (χ1) is 13.2. The first-order valence-corrected chi connectivity index (χ1v) is 9.48. The summed E-state index contributed by atoms with van der Waals surface area (Å²) < 4.78 is 7.60. The molecule has 5 heteroatoms. The quantitative estimate of drug-likeness (QED) is 0.747. The average molecular weight is 362 g/mol. The predicted molar refractivity (Wildman–Crippen MR) is 110 cm³/mol. The molecule has 1 N–H and O–H groups in total. The Hall–Kier alpha value is -2.79. The number of morpholine rings is 1. The minimum Gasteiger partial charge on any atom is -0.381 e. The van der Waals surface area contributed by atoms with Crippen molar-refractivity contribution in [3.05, 3.63) is 71.8 Å². The zero-order chi connectivity index (χ0) is 18.6. The van der Waals surface area contributed by atoms with Crippen LogP contribution in [0.1, 0.15) is 17.0 Å². The monoisotopic (exact) mass is 362 g/mol. The van der Waals surface area contributed by atoms with Gasteiger partial charge < -0.3 is 19.5 Å². The number of hydrogen-bond acceptors (Lipinski definition) is 4. The molecule has 1 aliphatic heterocycles. The van der Waals surface area contributed by atoms with Gasteiger partial charge in [0.25, 0.3) is 0 Å². The normalized spacial score (nSPS) is 14.4. The Kier molecular flexibility index (Phi) is 5.12. The fraction of sp³-hybridized carbons (Fsp3) is 0.318. The molecule has 1 aromatic heterocycles. The Morgan fingerprint density at radius 1 is 1.00 bits per heavy atom. The Morgan fingerprint density at radius 3 is 2.44 bits per heavy atom. The number of para-hydroxylation sites is 1. The van der Waals surface area contributed by atoms with Crippen LogP contribution in [0.15, 0.2) is 54.9 Å². The molecular formula is C22H26N4O. The number of anilines is 2. The Balaban J connectivity index is 1.46. The summed E-state index contributed by atoms with van der Waals surface area (Å²) in [7, 11) is 0. The number of rotatable bonds is 5. The molecule has 0 unspecified atom stereocenters. The molecule has 0 atom stereocenters. The number of aryl methyl sites for hydroxylation is 1. The van der Waals surface area contributed by atoms with Gasteiger partial charge in [-0.05, 0) is 49.7 Å². The fourth-order valence-corrected chi connectivity index (χ4v) is 3.47. The molecule has 27 heavy (non-hydrogen) atoms. The number of benzene rings is 2. The van der Waals surface area contributed by atoms with E-state index in [0.29, 0.717) is 0 Å². The second kappa shape index (κ2) is 7.84. The van der Waals surface area contributed by atoms with Gasteiger partial charge in [0.05, 0.1) is 25.2 Å². The van der Waals surface area contributed by atoms with Gasteiger partial charge in [-0.2, -0.15) is 0 Å². The second-order valence-corrected chi connectivity index (χ2v) is 6.91. The van der Waals surface area contributed by atoms with Crippen LogP contribution in [0.2, 0.25) is 0 Å². The van der Waals surface area contributed by atoms with E-state index in [1.165, 1.54) is 16.9 Å². The fourth-order valence-electron chi connectivity index (χ4n) is 3.47. The zero-order valence-corrected chi connectivity index (χ0v) is 16.0. The highest BCUT2D eigenvalue weighted by atomic mass is 16.5. The third kappa shape index (κ3) is 3.83. The van der Waals surface area contributed by atoms with Gasteiger partial charge >= 0.3 is 0 Å². The number of hydrogen-bond donors (Lipinski definition) is 1. The molecule has 1 fully saturated rings. The van der Waals surface area contributed by atoms with E-state index in [9.17, 15) is 0 Å². The van der Waals surface area contributed by atoms with Crippen molar-refractivity contribution in [3.8, 4) is 5.69 Å². The molecule has 0 bridgehead atoms. The van der Waals surface area contributed by atoms with Crippen molar-refractivity contribution in [2.45, 2.75) is 20.4 Å². The third-order valence-corrected chi connectivity index (χ3v) is 5.22. The van der Waals surface area contributed by atoms with Crippen molar-refractivity contribution >= 4 is 11.4 Å². The molecule has 4 rings (SSSR count). The van der Waals surface area contributed by atoms with E-state index in [-0.39, 0.29) is 0 Å². The van der Waals surface area contributed by atoms with Gasteiger partial charge in [-0.1, -0.05) is 18.2 Å². The Morgan fingerprint density at radius 2 is 1.74 bits per heavy atom. The number of ether oxygens (including phenoxy) is 1. The summed E-state index contributed by atoms with van der Waals surface area (Å²) in [5.41, 5.74) is 7.10. The van der Waals surface area contributed by atoms with Gasteiger partial charge in [-0.3, -0.25) is 0 Å². The molecule has 0 spiro atoms. The molecule has 2 aromatic carbocycles. The summed E-state index contributed by atoms with van der Waals surface area (Å²) in [5, 5.41) is 3.56. The van der Waals surface area contributed by atoms with E-state index >= 15 is 0 Å². The summed E-state index contributed by atoms with van der Waals surface area (Å²) >= 11 is 0. The van der Waals surface area contributed by atoms with Crippen LogP contribution in [0.4, 0.5) is 11.4 Å². The van der Waals surface area contributed by atoms with Crippen molar-refractivity contribution in [1.29, 1.82) is 0 Å². The molecule has 0 amide bonds. The van der Waals surface area contributed by atoms with Gasteiger partial charge in [0.15, 0.2) is 0 Å². The van der Waals surface area contributed by atoms with E-state index in [2.05, 4.69) is 75.2 Å². The number of imidazole rings is 1. The van der Waals surface area contributed by atoms with Crippen LogP contribution in [-0.4, -0.2) is 35.9 Å². The highest BCUT2D eigenvalue weighted by Crippen LogP contribution is 2.23. The highest BCUT2D eigenvalue weighted by Gasteiger charge is 2.14. The highest BCUT2D eigenvalue weighted by molar-refractivity contribution is 5.56. The molecule has 0 saturated carbocycles. The lowest BCUT2D eigenvalue weighted by molar-refractivity contribution is 0.122. The maximum Gasteiger partial charge on any atom is 0.0997 e. The molecule has 3 aromatic rings. The molecular weight excluding hydrogens is 336 g/mol. The minimum atomic E-state index is 0.802. The molecule has 0 radical (unpaired) electrons. The van der Waals surface area contributed by atoms with Crippen molar-refractivity contribution in [2.24, 2.45) is 0 Å². The third-order valence-electron chi connectivity index (χ3n) is 5.22. The molecule has 1 aliphatic rings. The van der Waals surface area contributed by atoms with Crippen LogP contribution < -0.4 is 10.2 Å². The van der Waals surface area contributed by atoms with Gasteiger partial charge in [-0.15, -0.1) is 0 Å². The van der Waals surface area contributed by atoms with E-state index in [1.807, 2.05) is 13.3 Å². The zero-order valence-electron chi connectivity index (χ0n) is 16.0. The van der Waals surface area contributed by atoms with E-state index in [1.54, 1.807) is 0 Å². The SMILES string of the molecule is Cc1ncn(-c2ccc(NCc3ccccc3N3CCOCC3)cc2)c1C. The predicted octanol–water partition coefficient (Wildman–Crippen LogP) is 3.94. The Labute approximate surface area is 160 Å². The van der Waals surface area contributed by atoms with Crippen molar-refractivity contribution < 1.29 is 4.74 Å². The second-order valence-electron chi connectivity index (χ2n) is 6.91. The van der Waals surface area contributed by atoms with Crippen molar-refractivity contribution in [1.82, 2.24) is 9.55 Å². The molecule has 5 nitrogen and oxygen atoms in total. The topological polar surface area (TPSA) is 42.3 Å². The van der Waals surface area contributed by atoms with Crippen LogP contribution in [0.25, 0.3) is 5.69 Å². The lowest BCUT2D eigenvalue weighted by Crippen LogP contribution is -2.36. The molecule has 1 saturated heterocycles. The average Bonchev–Trinajstić information content (AvgIpc) is 3.06. The summed E-state index contributed by atoms with van der Waals surface area (Å²) in [6.07, 6.45) is 1.88. The van der Waals surface area contributed by atoms with Gasteiger partial charge in [0.1, 0.15) is 0 Å². The summed E-state index contributed by atoms with van der Waals surface area (Å²) in [4.78, 5) is 6.79. The standard InChI is InChI=1S/C22H26N4O/c1-17-18(2)26(16-24-17)21-9-7-20(8-10-21)23-15-19-5-3-4-6-22(19)25-11-13-27-14-12-25/h3-10,16,23H,11-15H2,1-2H3. The lowest BCUT2D eigenvalue weighted by atomic mass is 10.1. The first kappa shape index (κ1) is 17.6. The van der Waals surface area contributed by atoms with E-state index < -0.39 is 0 Å². The van der Waals surface area contributed by atoms with Crippen LogP contribution >= 0.6 is 0 Å². The van der Waals surface area contributed by atoms with Crippen molar-refractivity contribution in [3.63, 3.8) is 0 Å². The minimum absolute atomic E-state index is 0.802. The molecule has 140 valence electrons. The number of nitrogens with one attached hydrogen (secondary N) is 1. The van der Waals surface area contributed by atoms with Crippen LogP contribution in [0, 0.1) is 13.8 Å². The maximum absolute atomic E-state index is 5.48. The first-order valence-electron chi connectivity index (χ1n) is 9.48. The van der Waals surface area contributed by atoms with Gasteiger partial charge in [-0.25, -0.2) is 4.98 Å². The lowest BCUT2D eigenvalue weighted by Gasteiger charge is -2.30. The number of aromatic nitrogens is 2. The van der Waals surface area contributed by atoms with Crippen LogP contribution in [-0.2, 0) is 11.3 Å². The van der Waals surface area contributed by atoms with Crippen molar-refractivity contribution in [2.75, 3.05) is 36.5 Å².